The van der Waals surface area contributed by atoms with E-state index in [1.165, 1.54) is 18.4 Å². The van der Waals surface area contributed by atoms with Gasteiger partial charge in [0.1, 0.15) is 18.4 Å². The van der Waals surface area contributed by atoms with Crippen molar-refractivity contribution in [3.8, 4) is 0 Å². The van der Waals surface area contributed by atoms with Gasteiger partial charge in [-0.1, -0.05) is 49.6 Å². The number of hydrogen-bond acceptors (Lipinski definition) is 5. The first kappa shape index (κ1) is 26.9. The molecule has 9 heteroatoms. The van der Waals surface area contributed by atoms with Crippen LogP contribution >= 0.6 is 0 Å². The molecule has 0 aliphatic heterocycles. The lowest BCUT2D eigenvalue weighted by Gasteiger charge is -2.34. The van der Waals surface area contributed by atoms with Crippen LogP contribution in [0.15, 0.2) is 60.9 Å². The third-order valence-electron chi connectivity index (χ3n) is 7.00. The van der Waals surface area contributed by atoms with Crippen LogP contribution in [0.3, 0.4) is 0 Å². The van der Waals surface area contributed by atoms with Crippen LogP contribution in [0, 0.1) is 13.8 Å². The summed E-state index contributed by atoms with van der Waals surface area (Å²) in [7, 11) is 1.28. The number of methoxy groups -OCH3 is 1. The van der Waals surface area contributed by atoms with E-state index in [0.717, 1.165) is 36.8 Å². The molecule has 38 heavy (non-hydrogen) atoms. The van der Waals surface area contributed by atoms with Gasteiger partial charge in [-0.2, -0.15) is 0 Å². The molecule has 0 saturated heterocycles. The maximum Gasteiger partial charge on any atom is 0.411 e. The normalized spacial score (nSPS) is 14.4. The summed E-state index contributed by atoms with van der Waals surface area (Å²) in [5, 5.41) is 5.88. The first-order valence-corrected chi connectivity index (χ1v) is 13.0. The SMILES string of the molecule is COC(=O)Nc1cccc(N(C(=O)Cn2ccnc2C)C(C(=O)NC2CCCCC2)c2ccccc2C)c1. The highest BCUT2D eigenvalue weighted by Gasteiger charge is 2.35. The molecule has 0 spiro atoms. The van der Waals surface area contributed by atoms with Gasteiger partial charge in [0.25, 0.3) is 0 Å². The Morgan fingerprint density at radius 2 is 1.84 bits per heavy atom. The van der Waals surface area contributed by atoms with Gasteiger partial charge in [0.15, 0.2) is 0 Å². The minimum Gasteiger partial charge on any atom is -0.453 e. The molecule has 200 valence electrons. The van der Waals surface area contributed by atoms with Gasteiger partial charge in [0.05, 0.1) is 7.11 Å². The number of anilines is 2. The molecule has 3 amide bonds. The summed E-state index contributed by atoms with van der Waals surface area (Å²) in [6.07, 6.45) is 7.92. The Kier molecular flexibility index (Phi) is 8.78. The van der Waals surface area contributed by atoms with E-state index in [1.807, 2.05) is 38.1 Å². The lowest BCUT2D eigenvalue weighted by Crippen LogP contribution is -2.48. The van der Waals surface area contributed by atoms with Crippen LogP contribution < -0.4 is 15.5 Å². The molecule has 1 fully saturated rings. The van der Waals surface area contributed by atoms with Crippen molar-refractivity contribution in [3.63, 3.8) is 0 Å². The minimum atomic E-state index is -0.914. The minimum absolute atomic E-state index is 0.000416. The monoisotopic (exact) mass is 517 g/mol. The Bertz CT molecular complexity index is 1280. The molecule has 3 aromatic rings. The van der Waals surface area contributed by atoms with Crippen molar-refractivity contribution in [1.29, 1.82) is 0 Å². The fourth-order valence-corrected chi connectivity index (χ4v) is 4.95. The van der Waals surface area contributed by atoms with Gasteiger partial charge in [0.2, 0.25) is 11.8 Å². The molecule has 1 aliphatic carbocycles. The molecular weight excluding hydrogens is 482 g/mol. The van der Waals surface area contributed by atoms with Crippen molar-refractivity contribution in [3.05, 3.63) is 77.9 Å². The van der Waals surface area contributed by atoms with Gasteiger partial charge in [-0.25, -0.2) is 9.78 Å². The number of rotatable bonds is 8. The zero-order chi connectivity index (χ0) is 27.1. The number of amides is 3. The summed E-state index contributed by atoms with van der Waals surface area (Å²) >= 11 is 0. The number of carbonyl (C=O) groups is 3. The smallest absolute Gasteiger partial charge is 0.411 e. The quantitative estimate of drug-likeness (QED) is 0.442. The van der Waals surface area contributed by atoms with E-state index in [0.29, 0.717) is 17.2 Å². The molecule has 9 nitrogen and oxygen atoms in total. The molecule has 1 heterocycles. The van der Waals surface area contributed by atoms with E-state index in [-0.39, 0.29) is 24.4 Å². The number of ether oxygens (including phenoxy) is 1. The van der Waals surface area contributed by atoms with Crippen molar-refractivity contribution in [2.45, 2.75) is 64.6 Å². The molecule has 2 N–H and O–H groups in total. The third-order valence-corrected chi connectivity index (χ3v) is 7.00. The van der Waals surface area contributed by atoms with Gasteiger partial charge in [-0.15, -0.1) is 0 Å². The summed E-state index contributed by atoms with van der Waals surface area (Å²) in [4.78, 5) is 45.8. The summed E-state index contributed by atoms with van der Waals surface area (Å²) in [6, 6.07) is 13.7. The Hall–Kier alpha value is -4.14. The predicted molar refractivity (Wildman–Crippen MR) is 146 cm³/mol. The summed E-state index contributed by atoms with van der Waals surface area (Å²) in [6.45, 7) is 3.76. The zero-order valence-corrected chi connectivity index (χ0v) is 22.1. The number of aromatic nitrogens is 2. The summed E-state index contributed by atoms with van der Waals surface area (Å²) in [5.41, 5.74) is 2.57. The second-order valence-electron chi connectivity index (χ2n) is 9.64. The first-order valence-electron chi connectivity index (χ1n) is 13.0. The van der Waals surface area contributed by atoms with Crippen molar-refractivity contribution >= 4 is 29.3 Å². The maximum atomic E-state index is 14.1. The van der Waals surface area contributed by atoms with Crippen LogP contribution in [0.2, 0.25) is 0 Å². The highest BCUT2D eigenvalue weighted by Crippen LogP contribution is 2.32. The number of nitrogens with one attached hydrogen (secondary N) is 2. The summed E-state index contributed by atoms with van der Waals surface area (Å²) in [5.74, 6) is 0.181. The zero-order valence-electron chi connectivity index (χ0n) is 22.1. The van der Waals surface area contributed by atoms with E-state index < -0.39 is 12.1 Å². The van der Waals surface area contributed by atoms with Crippen molar-refractivity contribution in [2.75, 3.05) is 17.3 Å². The fraction of sp³-hybridized carbons (Fsp3) is 0.379. The van der Waals surface area contributed by atoms with E-state index in [9.17, 15) is 14.4 Å². The van der Waals surface area contributed by atoms with Crippen LogP contribution in [-0.2, 0) is 20.9 Å². The van der Waals surface area contributed by atoms with E-state index in [2.05, 4.69) is 15.6 Å². The Balaban J connectivity index is 1.79. The molecule has 2 aromatic carbocycles. The Morgan fingerprint density at radius 1 is 1.08 bits per heavy atom. The third kappa shape index (κ3) is 6.40. The van der Waals surface area contributed by atoms with Crippen molar-refractivity contribution in [1.82, 2.24) is 14.9 Å². The number of hydrogen-bond donors (Lipinski definition) is 2. The van der Waals surface area contributed by atoms with Crippen molar-refractivity contribution in [2.24, 2.45) is 0 Å². The number of nitrogens with zero attached hydrogens (tertiary/aromatic N) is 3. The highest BCUT2D eigenvalue weighted by atomic mass is 16.5. The van der Waals surface area contributed by atoms with E-state index in [1.54, 1.807) is 41.2 Å². The topological polar surface area (TPSA) is 106 Å². The second-order valence-corrected chi connectivity index (χ2v) is 9.64. The lowest BCUT2D eigenvalue weighted by atomic mass is 9.93. The number of carbonyl (C=O) groups excluding carboxylic acids is 3. The van der Waals surface area contributed by atoms with Gasteiger partial charge >= 0.3 is 6.09 Å². The predicted octanol–water partition coefficient (Wildman–Crippen LogP) is 4.90. The molecule has 4 rings (SSSR count). The molecular formula is C29H35N5O4. The van der Waals surface area contributed by atoms with Gasteiger partial charge in [0, 0.05) is 29.8 Å². The molecule has 1 atom stereocenters. The lowest BCUT2D eigenvalue weighted by molar-refractivity contribution is -0.127. The maximum absolute atomic E-state index is 14.1. The highest BCUT2D eigenvalue weighted by molar-refractivity contribution is 6.02. The van der Waals surface area contributed by atoms with E-state index >= 15 is 0 Å². The van der Waals surface area contributed by atoms with Crippen LogP contribution in [0.25, 0.3) is 0 Å². The summed E-state index contributed by atoms with van der Waals surface area (Å²) < 4.78 is 6.49. The fourth-order valence-electron chi connectivity index (χ4n) is 4.95. The molecule has 1 aliphatic rings. The van der Waals surface area contributed by atoms with Gasteiger partial charge in [-0.3, -0.25) is 19.8 Å². The van der Waals surface area contributed by atoms with Crippen molar-refractivity contribution < 1.29 is 19.1 Å². The standard InChI is InChI=1S/C29H35N5O4/c1-20-10-7-8-15-25(20)27(28(36)31-22-11-5-4-6-12-22)34(26(35)19-33-17-16-30-21(33)2)24-14-9-13-23(18-24)32-29(37)38-3/h7-10,13-18,22,27H,4-6,11-12,19H2,1-3H3,(H,31,36)(H,32,37). The number of imidazole rings is 1. The second kappa shape index (κ2) is 12.4. The molecule has 1 aromatic heterocycles. The van der Waals surface area contributed by atoms with Crippen LogP contribution in [0.4, 0.5) is 16.2 Å². The van der Waals surface area contributed by atoms with Gasteiger partial charge in [-0.05, 0) is 56.0 Å². The van der Waals surface area contributed by atoms with Gasteiger partial charge < -0.3 is 14.6 Å². The molecule has 0 bridgehead atoms. The average Bonchev–Trinajstić information content (AvgIpc) is 3.32. The molecule has 0 radical (unpaired) electrons. The Labute approximate surface area is 223 Å². The number of benzene rings is 2. The average molecular weight is 518 g/mol. The van der Waals surface area contributed by atoms with E-state index in [4.69, 9.17) is 4.74 Å². The number of aryl methyl sites for hydroxylation is 2. The van der Waals surface area contributed by atoms with Crippen LogP contribution in [0.1, 0.15) is 55.1 Å². The first-order chi connectivity index (χ1) is 18.4. The Morgan fingerprint density at radius 3 is 2.53 bits per heavy atom. The molecule has 1 saturated carbocycles. The molecule has 1 unspecified atom stereocenters. The largest absolute Gasteiger partial charge is 0.453 e. The van der Waals surface area contributed by atoms with Crippen LogP contribution in [-0.4, -0.2) is 40.6 Å². The van der Waals surface area contributed by atoms with Crippen LogP contribution in [0.5, 0.6) is 0 Å².